The number of hydrogen-bond acceptors (Lipinski definition) is 4. The Bertz CT molecular complexity index is 313. The van der Waals surface area contributed by atoms with Gasteiger partial charge in [-0.05, 0) is 34.0 Å². The predicted molar refractivity (Wildman–Crippen MR) is 67.0 cm³/mol. The number of hydrogen-bond donors (Lipinski definition) is 1. The Balaban J connectivity index is 2.47. The van der Waals surface area contributed by atoms with Crippen molar-refractivity contribution in [2.75, 3.05) is 32.6 Å². The number of anilines is 1. The molecule has 0 aliphatic carbocycles. The van der Waals surface area contributed by atoms with E-state index in [1.165, 1.54) is 0 Å². The van der Waals surface area contributed by atoms with Gasteiger partial charge in [0.25, 0.3) is 0 Å². The second kappa shape index (κ2) is 6.33. The predicted octanol–water partition coefficient (Wildman–Crippen LogP) is 1.84. The standard InChI is InChI=1S/C12H21N3O/c1-10(2)14-12-9-11(5-6-13-12)16-8-7-15(3)4/h5-6,9-10H,7-8H2,1-4H3,(H,13,14). The zero-order valence-electron chi connectivity index (χ0n) is 10.5. The summed E-state index contributed by atoms with van der Waals surface area (Å²) in [6.07, 6.45) is 1.76. The molecule has 0 aliphatic rings. The van der Waals surface area contributed by atoms with Crippen molar-refractivity contribution < 1.29 is 4.74 Å². The van der Waals surface area contributed by atoms with Crippen molar-refractivity contribution in [3.63, 3.8) is 0 Å². The number of aromatic nitrogens is 1. The van der Waals surface area contributed by atoms with Crippen LogP contribution >= 0.6 is 0 Å². The Morgan fingerprint density at radius 2 is 2.19 bits per heavy atom. The summed E-state index contributed by atoms with van der Waals surface area (Å²) in [5.74, 6) is 1.72. The number of nitrogens with one attached hydrogen (secondary N) is 1. The maximum Gasteiger partial charge on any atom is 0.129 e. The van der Waals surface area contributed by atoms with Crippen LogP contribution in [0.1, 0.15) is 13.8 Å². The van der Waals surface area contributed by atoms with Crippen LogP contribution in [0.3, 0.4) is 0 Å². The first-order valence-corrected chi connectivity index (χ1v) is 5.58. The molecule has 0 saturated carbocycles. The number of rotatable bonds is 6. The third kappa shape index (κ3) is 4.98. The van der Waals surface area contributed by atoms with Crippen LogP contribution in [0, 0.1) is 0 Å². The molecule has 0 fully saturated rings. The van der Waals surface area contributed by atoms with Crippen molar-refractivity contribution in [2.24, 2.45) is 0 Å². The van der Waals surface area contributed by atoms with Crippen LogP contribution in [-0.2, 0) is 0 Å². The molecule has 1 heterocycles. The van der Waals surface area contributed by atoms with E-state index < -0.39 is 0 Å². The third-order valence-corrected chi connectivity index (χ3v) is 1.98. The van der Waals surface area contributed by atoms with Gasteiger partial charge in [0, 0.05) is 24.8 Å². The average Bonchev–Trinajstić information content (AvgIpc) is 2.16. The third-order valence-electron chi connectivity index (χ3n) is 1.98. The van der Waals surface area contributed by atoms with Gasteiger partial charge in [-0.1, -0.05) is 0 Å². The molecule has 1 N–H and O–H groups in total. The Morgan fingerprint density at radius 3 is 2.81 bits per heavy atom. The summed E-state index contributed by atoms with van der Waals surface area (Å²) < 4.78 is 5.62. The van der Waals surface area contributed by atoms with Gasteiger partial charge in [-0.2, -0.15) is 0 Å². The first-order chi connectivity index (χ1) is 7.58. The SMILES string of the molecule is CC(C)Nc1cc(OCCN(C)C)ccn1. The lowest BCUT2D eigenvalue weighted by Crippen LogP contribution is -2.19. The first-order valence-electron chi connectivity index (χ1n) is 5.58. The molecule has 0 bridgehead atoms. The molecule has 0 aliphatic heterocycles. The normalized spacial score (nSPS) is 10.9. The van der Waals surface area contributed by atoms with E-state index in [9.17, 15) is 0 Å². The van der Waals surface area contributed by atoms with Crippen LogP contribution in [0.25, 0.3) is 0 Å². The average molecular weight is 223 g/mol. The van der Waals surface area contributed by atoms with Gasteiger partial charge >= 0.3 is 0 Å². The fourth-order valence-electron chi connectivity index (χ4n) is 1.22. The number of likely N-dealkylation sites (N-methyl/N-ethyl adjacent to an activating group) is 1. The van der Waals surface area contributed by atoms with Crippen molar-refractivity contribution in [3.05, 3.63) is 18.3 Å². The van der Waals surface area contributed by atoms with Gasteiger partial charge in [0.2, 0.25) is 0 Å². The second-order valence-corrected chi connectivity index (χ2v) is 4.33. The van der Waals surface area contributed by atoms with E-state index in [2.05, 4.69) is 29.0 Å². The van der Waals surface area contributed by atoms with Crippen LogP contribution in [0.5, 0.6) is 5.75 Å². The van der Waals surface area contributed by atoms with Crippen molar-refractivity contribution in [2.45, 2.75) is 19.9 Å². The van der Waals surface area contributed by atoms with E-state index in [-0.39, 0.29) is 0 Å². The van der Waals surface area contributed by atoms with E-state index in [0.717, 1.165) is 18.1 Å². The van der Waals surface area contributed by atoms with Gasteiger partial charge in [0.1, 0.15) is 18.2 Å². The highest BCUT2D eigenvalue weighted by Gasteiger charge is 2.00. The molecule has 0 unspecified atom stereocenters. The molecule has 0 saturated heterocycles. The molecule has 1 aromatic heterocycles. The van der Waals surface area contributed by atoms with Crippen molar-refractivity contribution in [1.29, 1.82) is 0 Å². The minimum Gasteiger partial charge on any atom is -0.492 e. The molecule has 90 valence electrons. The summed E-state index contributed by atoms with van der Waals surface area (Å²) in [4.78, 5) is 6.31. The molecule has 0 aromatic carbocycles. The fourth-order valence-corrected chi connectivity index (χ4v) is 1.22. The van der Waals surface area contributed by atoms with Crippen LogP contribution < -0.4 is 10.1 Å². The zero-order valence-corrected chi connectivity index (χ0v) is 10.5. The van der Waals surface area contributed by atoms with E-state index in [4.69, 9.17) is 4.74 Å². The molecule has 0 radical (unpaired) electrons. The lowest BCUT2D eigenvalue weighted by molar-refractivity contribution is 0.261. The van der Waals surface area contributed by atoms with Gasteiger partial charge in [-0.3, -0.25) is 0 Å². The zero-order chi connectivity index (χ0) is 12.0. The lowest BCUT2D eigenvalue weighted by Gasteiger charge is -2.13. The molecule has 4 nitrogen and oxygen atoms in total. The maximum atomic E-state index is 5.62. The molecule has 0 spiro atoms. The Labute approximate surface area is 97.6 Å². The van der Waals surface area contributed by atoms with Gasteiger partial charge in [0.15, 0.2) is 0 Å². The minimum absolute atomic E-state index is 0.379. The summed E-state index contributed by atoms with van der Waals surface area (Å²) >= 11 is 0. The smallest absolute Gasteiger partial charge is 0.129 e. The van der Waals surface area contributed by atoms with Crippen LogP contribution in [-0.4, -0.2) is 43.2 Å². The van der Waals surface area contributed by atoms with E-state index in [1.807, 2.05) is 26.2 Å². The molecule has 4 heteroatoms. The molecular weight excluding hydrogens is 202 g/mol. The summed E-state index contributed by atoms with van der Waals surface area (Å²) in [5.41, 5.74) is 0. The number of ether oxygens (including phenoxy) is 1. The first kappa shape index (κ1) is 12.8. The molecule has 1 aromatic rings. The fraction of sp³-hybridized carbons (Fsp3) is 0.583. The highest BCUT2D eigenvalue weighted by molar-refractivity contribution is 5.41. The number of pyridine rings is 1. The molecule has 0 atom stereocenters. The van der Waals surface area contributed by atoms with Gasteiger partial charge < -0.3 is 15.0 Å². The second-order valence-electron chi connectivity index (χ2n) is 4.33. The number of nitrogens with zero attached hydrogens (tertiary/aromatic N) is 2. The van der Waals surface area contributed by atoms with E-state index in [1.54, 1.807) is 6.20 Å². The van der Waals surface area contributed by atoms with Crippen molar-refractivity contribution >= 4 is 5.82 Å². The molecule has 1 rings (SSSR count). The molecule has 16 heavy (non-hydrogen) atoms. The Hall–Kier alpha value is -1.29. The largest absolute Gasteiger partial charge is 0.492 e. The van der Waals surface area contributed by atoms with E-state index in [0.29, 0.717) is 12.6 Å². The molecule has 0 amide bonds. The highest BCUT2D eigenvalue weighted by atomic mass is 16.5. The summed E-state index contributed by atoms with van der Waals surface area (Å²) in [6, 6.07) is 4.18. The lowest BCUT2D eigenvalue weighted by atomic mass is 10.3. The Kier molecular flexibility index (Phi) is 5.05. The van der Waals surface area contributed by atoms with Gasteiger partial charge in [0.05, 0.1) is 0 Å². The quantitative estimate of drug-likeness (QED) is 0.798. The van der Waals surface area contributed by atoms with Crippen LogP contribution in [0.4, 0.5) is 5.82 Å². The van der Waals surface area contributed by atoms with E-state index >= 15 is 0 Å². The summed E-state index contributed by atoms with van der Waals surface area (Å²) in [5, 5.41) is 3.24. The maximum absolute atomic E-state index is 5.62. The van der Waals surface area contributed by atoms with Crippen LogP contribution in [0.15, 0.2) is 18.3 Å². The summed E-state index contributed by atoms with van der Waals surface area (Å²) in [7, 11) is 4.06. The highest BCUT2D eigenvalue weighted by Crippen LogP contribution is 2.14. The minimum atomic E-state index is 0.379. The van der Waals surface area contributed by atoms with Gasteiger partial charge in [-0.15, -0.1) is 0 Å². The Morgan fingerprint density at radius 1 is 1.44 bits per heavy atom. The van der Waals surface area contributed by atoms with Gasteiger partial charge in [-0.25, -0.2) is 4.98 Å². The van der Waals surface area contributed by atoms with Crippen LogP contribution in [0.2, 0.25) is 0 Å². The van der Waals surface area contributed by atoms with Crippen molar-refractivity contribution in [1.82, 2.24) is 9.88 Å². The van der Waals surface area contributed by atoms with Crippen molar-refractivity contribution in [3.8, 4) is 5.75 Å². The summed E-state index contributed by atoms with van der Waals surface area (Å²) in [6.45, 7) is 5.77. The topological polar surface area (TPSA) is 37.4 Å². The molecular formula is C12H21N3O. The monoisotopic (exact) mass is 223 g/mol.